The fraction of sp³-hybridized carbons (Fsp3) is 0.429. The molecule has 1 heterocycles. The molecular weight excluding hydrogens is 194 g/mol. The third-order valence-corrected chi connectivity index (χ3v) is 1.43. The van der Waals surface area contributed by atoms with Crippen LogP contribution in [0.4, 0.5) is 5.95 Å². The molecule has 1 aromatic heterocycles. The number of halogens is 1. The molecule has 5 nitrogen and oxygen atoms in total. The van der Waals surface area contributed by atoms with Crippen LogP contribution in [0.25, 0.3) is 0 Å². The van der Waals surface area contributed by atoms with Crippen LogP contribution >= 0.6 is 11.6 Å². The van der Waals surface area contributed by atoms with Crippen LogP contribution in [-0.2, 0) is 0 Å². The quantitative estimate of drug-likeness (QED) is 0.549. The molecule has 3 N–H and O–H groups in total. The lowest BCUT2D eigenvalue weighted by molar-refractivity contribution is 0.229. The summed E-state index contributed by atoms with van der Waals surface area (Å²) in [7, 11) is 0. The highest BCUT2D eigenvalue weighted by Gasteiger charge is 2.00. The monoisotopic (exact) mass is 203 g/mol. The van der Waals surface area contributed by atoms with Crippen LogP contribution in [0.15, 0.2) is 6.07 Å². The first-order valence-corrected chi connectivity index (χ1v) is 4.14. The van der Waals surface area contributed by atoms with E-state index in [0.717, 1.165) is 0 Å². The number of rotatable bonds is 4. The van der Waals surface area contributed by atoms with Crippen molar-refractivity contribution in [2.24, 2.45) is 0 Å². The molecule has 0 fully saturated rings. The molecule has 1 rings (SSSR count). The predicted octanol–water partition coefficient (Wildman–Crippen LogP) is 0.473. The molecule has 0 saturated heterocycles. The van der Waals surface area contributed by atoms with Crippen molar-refractivity contribution in [1.82, 2.24) is 9.97 Å². The fourth-order valence-electron chi connectivity index (χ4n) is 0.729. The Bertz CT molecular complexity index is 262. The number of ether oxygens (including phenoxy) is 1. The van der Waals surface area contributed by atoms with Gasteiger partial charge in [-0.1, -0.05) is 11.6 Å². The number of anilines is 1. The summed E-state index contributed by atoms with van der Waals surface area (Å²) in [6.07, 6.45) is 0.543. The Morgan fingerprint density at radius 2 is 2.31 bits per heavy atom. The van der Waals surface area contributed by atoms with E-state index in [1.54, 1.807) is 0 Å². The van der Waals surface area contributed by atoms with Gasteiger partial charge in [-0.3, -0.25) is 0 Å². The Hall–Kier alpha value is -1.07. The van der Waals surface area contributed by atoms with E-state index < -0.39 is 0 Å². The molecule has 0 unspecified atom stereocenters. The number of aromatic nitrogens is 2. The van der Waals surface area contributed by atoms with Gasteiger partial charge in [0.2, 0.25) is 11.8 Å². The Morgan fingerprint density at radius 3 is 2.92 bits per heavy atom. The van der Waals surface area contributed by atoms with Gasteiger partial charge in [0, 0.05) is 19.1 Å². The molecule has 1 aromatic rings. The number of nitrogens with two attached hydrogens (primary N) is 1. The Labute approximate surface area is 80.5 Å². The van der Waals surface area contributed by atoms with Crippen LogP contribution in [-0.4, -0.2) is 28.3 Å². The molecule has 0 radical (unpaired) electrons. The average Bonchev–Trinajstić information content (AvgIpc) is 2.03. The third-order valence-electron chi connectivity index (χ3n) is 1.24. The summed E-state index contributed by atoms with van der Waals surface area (Å²) in [6.45, 7) is 0.456. The highest BCUT2D eigenvalue weighted by molar-refractivity contribution is 6.29. The van der Waals surface area contributed by atoms with E-state index in [-0.39, 0.29) is 17.7 Å². The molecule has 0 amide bonds. The minimum absolute atomic E-state index is 0.0755. The van der Waals surface area contributed by atoms with Gasteiger partial charge in [-0.05, 0) is 0 Å². The number of aliphatic hydroxyl groups is 1. The van der Waals surface area contributed by atoms with Gasteiger partial charge in [-0.15, -0.1) is 0 Å². The van der Waals surface area contributed by atoms with Crippen molar-refractivity contribution in [3.05, 3.63) is 11.2 Å². The number of hydrogen-bond donors (Lipinski definition) is 2. The molecule has 13 heavy (non-hydrogen) atoms. The van der Waals surface area contributed by atoms with Gasteiger partial charge in [0.15, 0.2) is 0 Å². The van der Waals surface area contributed by atoms with Crippen LogP contribution < -0.4 is 10.5 Å². The van der Waals surface area contributed by atoms with Crippen molar-refractivity contribution >= 4 is 17.5 Å². The van der Waals surface area contributed by atoms with E-state index in [1.165, 1.54) is 6.07 Å². The number of hydrogen-bond acceptors (Lipinski definition) is 5. The zero-order chi connectivity index (χ0) is 9.68. The molecule has 0 aromatic carbocycles. The lowest BCUT2D eigenvalue weighted by Crippen LogP contribution is -2.03. The average molecular weight is 204 g/mol. The summed E-state index contributed by atoms with van der Waals surface area (Å²) in [5.41, 5.74) is 5.33. The first-order chi connectivity index (χ1) is 6.22. The highest BCUT2D eigenvalue weighted by atomic mass is 35.5. The van der Waals surface area contributed by atoms with Crippen LogP contribution in [0.5, 0.6) is 5.88 Å². The Morgan fingerprint density at radius 1 is 1.54 bits per heavy atom. The predicted molar refractivity (Wildman–Crippen MR) is 48.7 cm³/mol. The van der Waals surface area contributed by atoms with E-state index >= 15 is 0 Å². The van der Waals surface area contributed by atoms with Gasteiger partial charge in [0.1, 0.15) is 5.15 Å². The second-order valence-corrected chi connectivity index (χ2v) is 2.70. The second-order valence-electron chi connectivity index (χ2n) is 2.31. The maximum Gasteiger partial charge on any atom is 0.224 e. The molecule has 0 aliphatic heterocycles. The van der Waals surface area contributed by atoms with Gasteiger partial charge in [0.25, 0.3) is 0 Å². The topological polar surface area (TPSA) is 81.3 Å². The van der Waals surface area contributed by atoms with Crippen molar-refractivity contribution in [1.29, 1.82) is 0 Å². The standard InChI is InChI=1S/C7H10ClN3O2/c8-5-4-6(11-7(9)10-5)13-3-1-2-12/h4,12H,1-3H2,(H2,9,10,11). The maximum atomic E-state index is 8.49. The third kappa shape index (κ3) is 3.43. The minimum Gasteiger partial charge on any atom is -0.477 e. The summed E-state index contributed by atoms with van der Waals surface area (Å²) in [5.74, 6) is 0.400. The first-order valence-electron chi connectivity index (χ1n) is 3.76. The van der Waals surface area contributed by atoms with Gasteiger partial charge in [0.05, 0.1) is 6.61 Å². The Kier molecular flexibility index (Phi) is 3.72. The zero-order valence-corrected chi connectivity index (χ0v) is 7.66. The summed E-state index contributed by atoms with van der Waals surface area (Å²) >= 11 is 5.60. The van der Waals surface area contributed by atoms with Gasteiger partial charge < -0.3 is 15.6 Å². The van der Waals surface area contributed by atoms with Crippen LogP contribution in [0, 0.1) is 0 Å². The van der Waals surface area contributed by atoms with Crippen molar-refractivity contribution in [2.45, 2.75) is 6.42 Å². The SMILES string of the molecule is Nc1nc(Cl)cc(OCCCO)n1. The van der Waals surface area contributed by atoms with Gasteiger partial charge in [-0.25, -0.2) is 4.98 Å². The Balaban J connectivity index is 2.56. The first kappa shape index (κ1) is 10.0. The van der Waals surface area contributed by atoms with Gasteiger partial charge >= 0.3 is 0 Å². The second kappa shape index (κ2) is 4.84. The van der Waals surface area contributed by atoms with Crippen molar-refractivity contribution in [3.8, 4) is 5.88 Å². The minimum atomic E-state index is 0.0755. The molecule has 0 bridgehead atoms. The van der Waals surface area contributed by atoms with E-state index in [4.69, 9.17) is 27.2 Å². The smallest absolute Gasteiger partial charge is 0.224 e. The number of aliphatic hydroxyl groups excluding tert-OH is 1. The van der Waals surface area contributed by atoms with Crippen LogP contribution in [0.3, 0.4) is 0 Å². The molecular formula is C7H10ClN3O2. The summed E-state index contributed by atoms with van der Waals surface area (Å²) < 4.78 is 5.13. The molecule has 0 saturated carbocycles. The van der Waals surface area contributed by atoms with Crippen molar-refractivity contribution in [2.75, 3.05) is 18.9 Å². The van der Waals surface area contributed by atoms with E-state index in [2.05, 4.69) is 9.97 Å². The van der Waals surface area contributed by atoms with Gasteiger partial charge in [-0.2, -0.15) is 4.98 Å². The summed E-state index contributed by atoms with van der Waals surface area (Å²) in [5, 5.41) is 8.73. The van der Waals surface area contributed by atoms with Crippen molar-refractivity contribution in [3.63, 3.8) is 0 Å². The molecule has 6 heteroatoms. The van der Waals surface area contributed by atoms with E-state index in [1.807, 2.05) is 0 Å². The number of nitrogens with zero attached hydrogens (tertiary/aromatic N) is 2. The van der Waals surface area contributed by atoms with E-state index in [9.17, 15) is 0 Å². The zero-order valence-electron chi connectivity index (χ0n) is 6.90. The highest BCUT2D eigenvalue weighted by Crippen LogP contribution is 2.14. The molecule has 0 aliphatic carbocycles. The molecule has 72 valence electrons. The lowest BCUT2D eigenvalue weighted by Gasteiger charge is -2.04. The van der Waals surface area contributed by atoms with Crippen molar-refractivity contribution < 1.29 is 9.84 Å². The van der Waals surface area contributed by atoms with Crippen LogP contribution in [0.2, 0.25) is 5.15 Å². The normalized spacial score (nSPS) is 10.0. The molecule has 0 atom stereocenters. The largest absolute Gasteiger partial charge is 0.477 e. The fourth-order valence-corrected chi connectivity index (χ4v) is 0.909. The summed E-state index contributed by atoms with van der Waals surface area (Å²) in [6, 6.07) is 1.47. The lowest BCUT2D eigenvalue weighted by atomic mass is 10.5. The van der Waals surface area contributed by atoms with E-state index in [0.29, 0.717) is 18.9 Å². The number of nitrogen functional groups attached to an aromatic ring is 1. The summed E-state index contributed by atoms with van der Waals surface area (Å²) in [4.78, 5) is 7.45. The van der Waals surface area contributed by atoms with Crippen LogP contribution in [0.1, 0.15) is 6.42 Å². The maximum absolute atomic E-state index is 8.49. The molecule has 0 aliphatic rings. The molecule has 0 spiro atoms.